The van der Waals surface area contributed by atoms with Crippen molar-refractivity contribution in [3.8, 4) is 0 Å². The standard InChI is InChI=1S/C105H174O16P2/c1-4-7-10-13-16-19-22-25-28-31-34-37-40-43-46-47-48-49-50-51-54-56-58-61-64-67-70-73-76-79-82-85-88-91-103(108)115-94-100(106)95-117-122(111,112)118-96-101(107)97-119-123(113,114)120-99-102(121-105(110)93-90-87-84-81-78-75-72-69-66-63-60-57-53-45-42-39-36-33-30-27-24-21-18-15-12-9-6-3)98-116-104(109)92-89-86-83-80-77-74-71-68-65-62-59-55-52-44-41-38-35-32-29-26-23-20-17-14-11-8-5-2/h7-12,16-21,25-30,34-39,43-46,52-53,59-60,62-63,100-102,106-107H,4-6,13-15,22-24,31-33,40-42,47-51,54-58,61,64-99H2,1-3H3,(H,111,112)(H,113,114)/b10-7-,11-8-,12-9-,19-16-,20-17-,21-18-,28-25-,29-26-,30-27-,37-34-,38-35-,39-36-,46-43-,52-44-,53-45-,62-59-,63-60-. The van der Waals surface area contributed by atoms with Crippen LogP contribution in [0, 0.1) is 0 Å². The quantitative estimate of drug-likeness (QED) is 0.0146. The van der Waals surface area contributed by atoms with E-state index in [-0.39, 0.29) is 19.3 Å². The summed E-state index contributed by atoms with van der Waals surface area (Å²) in [5.74, 6) is -1.59. The molecule has 0 radical (unpaired) electrons. The van der Waals surface area contributed by atoms with E-state index in [4.69, 9.17) is 32.3 Å². The first-order chi connectivity index (χ1) is 60.2. The van der Waals surface area contributed by atoms with Crippen molar-refractivity contribution in [3.63, 3.8) is 0 Å². The number of phosphoric acid groups is 2. The SMILES string of the molecule is CC/C=C\C/C=C\C/C=C\C/C=C\C/C=C\C/C=C\CCCCCCCCCCC(=O)OCC(COP(=O)(O)OCC(O)COP(=O)(O)OCC(O)COC(=O)CCCCCCCCCCCCCCCCCCC/C=C\C/C=C\C/C=C\C/C=C\C/C=C\CC)OC(=O)CCCCCCCCCC/C=C\C/C=C\C/C=C\C/C=C\C/C=C\C/C=C\CC. The van der Waals surface area contributed by atoms with E-state index < -0.39 is 91.5 Å². The number of hydrogen-bond acceptors (Lipinski definition) is 14. The molecule has 4 N–H and O–H groups in total. The number of hydrogen-bond donors (Lipinski definition) is 4. The van der Waals surface area contributed by atoms with Crippen molar-refractivity contribution in [1.82, 2.24) is 0 Å². The molecule has 0 aliphatic rings. The van der Waals surface area contributed by atoms with E-state index in [1.807, 2.05) is 0 Å². The van der Waals surface area contributed by atoms with Crippen LogP contribution >= 0.6 is 15.6 Å². The second-order valence-electron chi connectivity index (χ2n) is 31.7. The first kappa shape index (κ1) is 117. The number of phosphoric ester groups is 2. The summed E-state index contributed by atoms with van der Waals surface area (Å²) in [6.45, 7) is 2.36. The molecule has 16 nitrogen and oxygen atoms in total. The minimum atomic E-state index is -4.96. The molecule has 0 aromatic heterocycles. The van der Waals surface area contributed by atoms with E-state index in [2.05, 4.69) is 227 Å². The molecular formula is C105H174O16P2. The number of rotatable bonds is 90. The summed E-state index contributed by atoms with van der Waals surface area (Å²) in [6.07, 6.45) is 129. The Balaban J connectivity index is 4.64. The molecule has 0 amide bonds. The number of carbonyl (C=O) groups is 3. The van der Waals surface area contributed by atoms with Crippen molar-refractivity contribution in [2.24, 2.45) is 0 Å². The van der Waals surface area contributed by atoms with E-state index in [9.17, 15) is 43.5 Å². The zero-order valence-corrected chi connectivity index (χ0v) is 79.1. The van der Waals surface area contributed by atoms with Crippen LogP contribution in [0.2, 0.25) is 0 Å². The molecule has 0 heterocycles. The van der Waals surface area contributed by atoms with Crippen molar-refractivity contribution >= 4 is 33.6 Å². The van der Waals surface area contributed by atoms with Crippen LogP contribution < -0.4 is 0 Å². The molecule has 5 atom stereocenters. The molecule has 0 aromatic carbocycles. The van der Waals surface area contributed by atoms with Gasteiger partial charge in [-0.05, 0) is 167 Å². The Labute approximate surface area is 750 Å². The summed E-state index contributed by atoms with van der Waals surface area (Å²) < 4.78 is 61.6. The average Bonchev–Trinajstić information content (AvgIpc) is 0.893. The molecule has 5 unspecified atom stereocenters. The minimum Gasteiger partial charge on any atom is -0.463 e. The van der Waals surface area contributed by atoms with Crippen molar-refractivity contribution in [3.05, 3.63) is 207 Å². The van der Waals surface area contributed by atoms with E-state index in [0.717, 1.165) is 225 Å². The maximum atomic E-state index is 13.1. The number of carbonyl (C=O) groups excluding carboxylic acids is 3. The lowest BCUT2D eigenvalue weighted by atomic mass is 10.0. The highest BCUT2D eigenvalue weighted by molar-refractivity contribution is 7.47. The zero-order chi connectivity index (χ0) is 89.3. The van der Waals surface area contributed by atoms with Crippen LogP contribution in [0.25, 0.3) is 0 Å². The largest absolute Gasteiger partial charge is 0.472 e. The van der Waals surface area contributed by atoms with Crippen molar-refractivity contribution in [1.29, 1.82) is 0 Å². The molecule has 0 aromatic rings. The molecule has 0 rings (SSSR count). The molecule has 0 aliphatic carbocycles. The van der Waals surface area contributed by atoms with Gasteiger partial charge < -0.3 is 34.2 Å². The fourth-order valence-electron chi connectivity index (χ4n) is 12.8. The number of esters is 3. The summed E-state index contributed by atoms with van der Waals surface area (Å²) >= 11 is 0. The molecule has 123 heavy (non-hydrogen) atoms. The van der Waals surface area contributed by atoms with Crippen LogP contribution in [0.3, 0.4) is 0 Å². The first-order valence-corrected chi connectivity index (χ1v) is 51.4. The van der Waals surface area contributed by atoms with Gasteiger partial charge in [0.05, 0.1) is 26.4 Å². The molecule has 0 fully saturated rings. The maximum Gasteiger partial charge on any atom is 0.472 e. The summed E-state index contributed by atoms with van der Waals surface area (Å²) in [4.78, 5) is 59.1. The fraction of sp³-hybridized carbons (Fsp3) is 0.648. The zero-order valence-electron chi connectivity index (χ0n) is 77.3. The summed E-state index contributed by atoms with van der Waals surface area (Å²) in [5, 5.41) is 20.8. The van der Waals surface area contributed by atoms with E-state index >= 15 is 0 Å². The lowest BCUT2D eigenvalue weighted by Crippen LogP contribution is -2.30. The number of aliphatic hydroxyl groups is 2. The molecule has 700 valence electrons. The predicted octanol–water partition coefficient (Wildman–Crippen LogP) is 30.3. The number of unbranched alkanes of at least 4 members (excludes halogenated alkanes) is 33. The van der Waals surface area contributed by atoms with Gasteiger partial charge in [0, 0.05) is 19.3 Å². The molecule has 0 spiro atoms. The number of ether oxygens (including phenoxy) is 3. The Hall–Kier alpha value is -5.87. The Morgan fingerprint density at radius 1 is 0.228 bits per heavy atom. The third kappa shape index (κ3) is 96.6. The monoisotopic (exact) mass is 1750 g/mol. The lowest BCUT2D eigenvalue weighted by molar-refractivity contribution is -0.161. The Morgan fingerprint density at radius 2 is 0.407 bits per heavy atom. The van der Waals surface area contributed by atoms with Gasteiger partial charge in [0.1, 0.15) is 25.4 Å². The van der Waals surface area contributed by atoms with Crippen molar-refractivity contribution in [2.75, 3.05) is 39.6 Å². The highest BCUT2D eigenvalue weighted by Gasteiger charge is 2.30. The highest BCUT2D eigenvalue weighted by atomic mass is 31.2. The van der Waals surface area contributed by atoms with Gasteiger partial charge in [-0.2, -0.15) is 0 Å². The topological polar surface area (TPSA) is 231 Å². The van der Waals surface area contributed by atoms with Gasteiger partial charge in [-0.1, -0.05) is 401 Å². The summed E-state index contributed by atoms with van der Waals surface area (Å²) in [6, 6.07) is 0. The van der Waals surface area contributed by atoms with Crippen LogP contribution in [0.1, 0.15) is 380 Å². The fourth-order valence-corrected chi connectivity index (χ4v) is 14.4. The number of aliphatic hydroxyl groups excluding tert-OH is 2. The molecule has 0 saturated heterocycles. The van der Waals surface area contributed by atoms with Gasteiger partial charge in [-0.25, -0.2) is 9.13 Å². The Morgan fingerprint density at radius 3 is 0.642 bits per heavy atom. The van der Waals surface area contributed by atoms with Crippen LogP contribution in [-0.4, -0.2) is 95.9 Å². The molecule has 0 saturated carbocycles. The third-order valence-electron chi connectivity index (χ3n) is 20.0. The molecule has 0 bridgehead atoms. The van der Waals surface area contributed by atoms with Gasteiger partial charge in [0.15, 0.2) is 6.10 Å². The van der Waals surface area contributed by atoms with Gasteiger partial charge in [-0.15, -0.1) is 0 Å². The second-order valence-corrected chi connectivity index (χ2v) is 34.6. The third-order valence-corrected chi connectivity index (χ3v) is 21.9. The average molecular weight is 1750 g/mol. The smallest absolute Gasteiger partial charge is 0.463 e. The molecule has 18 heteroatoms. The van der Waals surface area contributed by atoms with Gasteiger partial charge >= 0.3 is 33.6 Å². The van der Waals surface area contributed by atoms with E-state index in [1.165, 1.54) is 96.3 Å². The minimum absolute atomic E-state index is 0.0848. The van der Waals surface area contributed by atoms with Crippen LogP contribution in [-0.2, 0) is 55.8 Å². The van der Waals surface area contributed by atoms with E-state index in [0.29, 0.717) is 19.3 Å². The lowest BCUT2D eigenvalue weighted by Gasteiger charge is -2.21. The maximum absolute atomic E-state index is 13.1. The Bertz CT molecular complexity index is 3070. The summed E-state index contributed by atoms with van der Waals surface area (Å²) in [5.41, 5.74) is 0. The van der Waals surface area contributed by atoms with E-state index in [1.54, 1.807) is 0 Å². The van der Waals surface area contributed by atoms with Crippen LogP contribution in [0.5, 0.6) is 0 Å². The van der Waals surface area contributed by atoms with Gasteiger partial charge in [0.2, 0.25) is 0 Å². The van der Waals surface area contributed by atoms with Crippen molar-refractivity contribution in [2.45, 2.75) is 399 Å². The summed E-state index contributed by atoms with van der Waals surface area (Å²) in [7, 11) is -9.83. The highest BCUT2D eigenvalue weighted by Crippen LogP contribution is 2.45. The van der Waals surface area contributed by atoms with Gasteiger partial charge in [0.25, 0.3) is 0 Å². The predicted molar refractivity (Wildman–Crippen MR) is 518 cm³/mol. The van der Waals surface area contributed by atoms with Gasteiger partial charge in [-0.3, -0.25) is 32.5 Å². The first-order valence-electron chi connectivity index (χ1n) is 48.4. The molecule has 0 aliphatic heterocycles. The van der Waals surface area contributed by atoms with Crippen molar-refractivity contribution < 1.29 is 75.8 Å². The second kappa shape index (κ2) is 95.2. The van der Waals surface area contributed by atoms with Crippen LogP contribution in [0.15, 0.2) is 207 Å². The van der Waals surface area contributed by atoms with Crippen LogP contribution in [0.4, 0.5) is 0 Å². The Kier molecular flexibility index (Phi) is 90.7. The number of allylic oxidation sites excluding steroid dienone is 34. The molecular weight excluding hydrogens is 1580 g/mol. The normalized spacial score (nSPS) is 14.6.